The van der Waals surface area contributed by atoms with E-state index in [1.807, 2.05) is 54.6 Å². The number of hydrogen-bond acceptors (Lipinski definition) is 4. The molecule has 4 heteroatoms. The summed E-state index contributed by atoms with van der Waals surface area (Å²) in [6.45, 7) is 0. The molecular weight excluding hydrogens is 256 g/mol. The zero-order valence-electron chi connectivity index (χ0n) is 9.98. The fourth-order valence-electron chi connectivity index (χ4n) is 1.84. The number of carbonyl (C=O) groups is 1. The Bertz CT molecular complexity index is 676. The van der Waals surface area contributed by atoms with Gasteiger partial charge < -0.3 is 0 Å². The van der Waals surface area contributed by atoms with Crippen LogP contribution in [-0.4, -0.2) is 15.1 Å². The van der Waals surface area contributed by atoms with Gasteiger partial charge in [-0.25, -0.2) is 4.98 Å². The van der Waals surface area contributed by atoms with Crippen LogP contribution in [0.2, 0.25) is 0 Å². The van der Waals surface area contributed by atoms with Crippen LogP contribution in [0.3, 0.4) is 0 Å². The standard InChI is InChI=1S/C15H10N2OS/c18-14(15-16-10-19-17-15)13-8-6-12(7-9-13)11-4-2-1-3-5-11/h1-10H. The normalized spacial score (nSPS) is 10.3. The highest BCUT2D eigenvalue weighted by molar-refractivity contribution is 7.03. The predicted octanol–water partition coefficient (Wildman–Crippen LogP) is 3.44. The van der Waals surface area contributed by atoms with Gasteiger partial charge >= 0.3 is 0 Å². The quantitative estimate of drug-likeness (QED) is 0.682. The molecule has 0 unspecified atom stereocenters. The van der Waals surface area contributed by atoms with Crippen LogP contribution in [0.1, 0.15) is 16.2 Å². The van der Waals surface area contributed by atoms with Crippen molar-refractivity contribution in [3.63, 3.8) is 0 Å². The summed E-state index contributed by atoms with van der Waals surface area (Å²) in [4.78, 5) is 16.0. The van der Waals surface area contributed by atoms with Crippen molar-refractivity contribution in [2.24, 2.45) is 0 Å². The van der Waals surface area contributed by atoms with Crippen LogP contribution in [0.25, 0.3) is 11.1 Å². The third kappa shape index (κ3) is 2.44. The van der Waals surface area contributed by atoms with Gasteiger partial charge in [-0.2, -0.15) is 4.37 Å². The number of aromatic nitrogens is 2. The molecule has 92 valence electrons. The highest BCUT2D eigenvalue weighted by Gasteiger charge is 2.12. The summed E-state index contributed by atoms with van der Waals surface area (Å²) >= 11 is 1.18. The zero-order valence-corrected chi connectivity index (χ0v) is 10.8. The van der Waals surface area contributed by atoms with Gasteiger partial charge in [-0.05, 0) is 22.7 Å². The molecule has 0 N–H and O–H groups in total. The van der Waals surface area contributed by atoms with Gasteiger partial charge in [-0.1, -0.05) is 54.6 Å². The van der Waals surface area contributed by atoms with Crippen molar-refractivity contribution in [3.8, 4) is 11.1 Å². The SMILES string of the molecule is O=C(c1ccc(-c2ccccc2)cc1)c1ncsn1. The molecule has 0 atom stereocenters. The first-order valence-electron chi connectivity index (χ1n) is 5.81. The Morgan fingerprint density at radius 1 is 0.895 bits per heavy atom. The molecule has 3 aromatic rings. The van der Waals surface area contributed by atoms with Crippen molar-refractivity contribution in [2.45, 2.75) is 0 Å². The topological polar surface area (TPSA) is 42.9 Å². The first kappa shape index (κ1) is 11.7. The number of nitrogens with zero attached hydrogens (tertiary/aromatic N) is 2. The summed E-state index contributed by atoms with van der Waals surface area (Å²) in [5.41, 5.74) is 4.39. The van der Waals surface area contributed by atoms with Gasteiger partial charge in [0.2, 0.25) is 11.6 Å². The molecule has 1 aromatic heterocycles. The van der Waals surface area contributed by atoms with Gasteiger partial charge in [0.05, 0.1) is 0 Å². The molecule has 0 radical (unpaired) electrons. The predicted molar refractivity (Wildman–Crippen MR) is 75.2 cm³/mol. The molecule has 0 spiro atoms. The van der Waals surface area contributed by atoms with Crippen LogP contribution < -0.4 is 0 Å². The number of benzene rings is 2. The molecule has 0 aliphatic heterocycles. The maximum Gasteiger partial charge on any atom is 0.231 e. The number of carbonyl (C=O) groups excluding carboxylic acids is 1. The van der Waals surface area contributed by atoms with E-state index in [2.05, 4.69) is 9.36 Å². The Morgan fingerprint density at radius 3 is 2.21 bits per heavy atom. The van der Waals surface area contributed by atoms with E-state index >= 15 is 0 Å². The lowest BCUT2D eigenvalue weighted by Crippen LogP contribution is -2.02. The minimum atomic E-state index is -0.138. The highest BCUT2D eigenvalue weighted by atomic mass is 32.1. The average molecular weight is 266 g/mol. The molecule has 0 saturated heterocycles. The van der Waals surface area contributed by atoms with Crippen LogP contribution in [0.5, 0.6) is 0 Å². The smallest absolute Gasteiger partial charge is 0.231 e. The van der Waals surface area contributed by atoms with Crippen LogP contribution in [0.4, 0.5) is 0 Å². The summed E-state index contributed by atoms with van der Waals surface area (Å²) in [5, 5.41) is 0. The Balaban J connectivity index is 1.90. The van der Waals surface area contributed by atoms with Crippen LogP contribution in [0, 0.1) is 0 Å². The lowest BCUT2D eigenvalue weighted by molar-refractivity contribution is 0.103. The van der Waals surface area contributed by atoms with Crippen molar-refractivity contribution in [1.29, 1.82) is 0 Å². The Hall–Kier alpha value is -2.33. The fraction of sp³-hybridized carbons (Fsp3) is 0. The van der Waals surface area contributed by atoms with Crippen molar-refractivity contribution < 1.29 is 4.79 Å². The van der Waals surface area contributed by atoms with E-state index in [0.29, 0.717) is 5.56 Å². The number of rotatable bonds is 3. The Kier molecular flexibility index (Phi) is 3.16. The summed E-state index contributed by atoms with van der Waals surface area (Å²) < 4.78 is 3.95. The van der Waals surface area contributed by atoms with Gasteiger partial charge in [0.15, 0.2) is 0 Å². The van der Waals surface area contributed by atoms with E-state index in [0.717, 1.165) is 11.1 Å². The summed E-state index contributed by atoms with van der Waals surface area (Å²) in [7, 11) is 0. The molecule has 0 aliphatic carbocycles. The first-order valence-corrected chi connectivity index (χ1v) is 6.65. The van der Waals surface area contributed by atoms with E-state index in [9.17, 15) is 4.79 Å². The lowest BCUT2D eigenvalue weighted by Gasteiger charge is -2.02. The van der Waals surface area contributed by atoms with Gasteiger partial charge in [-0.15, -0.1) is 0 Å². The third-order valence-corrected chi connectivity index (χ3v) is 3.30. The van der Waals surface area contributed by atoms with Gasteiger partial charge in [0, 0.05) is 5.56 Å². The number of ketones is 1. The van der Waals surface area contributed by atoms with E-state index in [1.54, 1.807) is 5.51 Å². The molecular formula is C15H10N2OS. The van der Waals surface area contributed by atoms with E-state index in [-0.39, 0.29) is 11.6 Å². The molecule has 0 bridgehead atoms. The Morgan fingerprint density at radius 2 is 1.58 bits per heavy atom. The second-order valence-corrected chi connectivity index (χ2v) is 4.63. The molecule has 0 saturated carbocycles. The van der Waals surface area contributed by atoms with Crippen molar-refractivity contribution in [2.75, 3.05) is 0 Å². The van der Waals surface area contributed by atoms with Crippen LogP contribution >= 0.6 is 11.5 Å². The monoisotopic (exact) mass is 266 g/mol. The van der Waals surface area contributed by atoms with Crippen LogP contribution in [0.15, 0.2) is 60.1 Å². The molecule has 0 aliphatic rings. The van der Waals surface area contributed by atoms with E-state index in [4.69, 9.17) is 0 Å². The molecule has 3 rings (SSSR count). The van der Waals surface area contributed by atoms with Gasteiger partial charge in [0.25, 0.3) is 0 Å². The number of hydrogen-bond donors (Lipinski definition) is 0. The first-order chi connectivity index (χ1) is 9.34. The molecule has 2 aromatic carbocycles. The maximum absolute atomic E-state index is 12.0. The van der Waals surface area contributed by atoms with Crippen LogP contribution in [-0.2, 0) is 0 Å². The van der Waals surface area contributed by atoms with Gasteiger partial charge in [0.1, 0.15) is 5.51 Å². The summed E-state index contributed by atoms with van der Waals surface area (Å²) in [6, 6.07) is 17.6. The van der Waals surface area contributed by atoms with E-state index in [1.165, 1.54) is 11.5 Å². The fourth-order valence-corrected chi connectivity index (χ4v) is 2.27. The Labute approximate surface area is 114 Å². The second-order valence-electron chi connectivity index (χ2n) is 4.03. The minimum absolute atomic E-state index is 0.138. The van der Waals surface area contributed by atoms with Crippen molar-refractivity contribution >= 4 is 17.3 Å². The minimum Gasteiger partial charge on any atom is -0.285 e. The van der Waals surface area contributed by atoms with E-state index < -0.39 is 0 Å². The zero-order chi connectivity index (χ0) is 13.1. The average Bonchev–Trinajstić information content (AvgIpc) is 3.02. The molecule has 0 amide bonds. The largest absolute Gasteiger partial charge is 0.285 e. The molecule has 19 heavy (non-hydrogen) atoms. The van der Waals surface area contributed by atoms with Crippen molar-refractivity contribution in [3.05, 3.63) is 71.5 Å². The second kappa shape index (κ2) is 5.12. The highest BCUT2D eigenvalue weighted by Crippen LogP contribution is 2.20. The van der Waals surface area contributed by atoms with Gasteiger partial charge in [-0.3, -0.25) is 4.79 Å². The molecule has 1 heterocycles. The molecule has 0 fully saturated rings. The summed E-state index contributed by atoms with van der Waals surface area (Å²) in [6.07, 6.45) is 0. The lowest BCUT2D eigenvalue weighted by atomic mass is 10.0. The van der Waals surface area contributed by atoms with Crippen molar-refractivity contribution in [1.82, 2.24) is 9.36 Å². The summed E-state index contributed by atoms with van der Waals surface area (Å²) in [5.74, 6) is 0.123. The third-order valence-electron chi connectivity index (χ3n) is 2.82. The maximum atomic E-state index is 12.0. The molecule has 3 nitrogen and oxygen atoms in total.